The number of ether oxygens (including phenoxy) is 1. The predicted molar refractivity (Wildman–Crippen MR) is 84.3 cm³/mol. The topological polar surface area (TPSA) is 52.9 Å². The maximum Gasteiger partial charge on any atom is 0.127 e. The van der Waals surface area contributed by atoms with Crippen LogP contribution in [0.5, 0.6) is 11.5 Å². The molecule has 0 saturated heterocycles. The Hall–Kier alpha value is -1.26. The van der Waals surface area contributed by atoms with Crippen LogP contribution in [0.25, 0.3) is 0 Å². The van der Waals surface area contributed by atoms with E-state index in [1.807, 2.05) is 27.8 Å². The first kappa shape index (κ1) is 16.1. The lowest BCUT2D eigenvalue weighted by Gasteiger charge is -2.40. The molecule has 0 saturated carbocycles. The smallest absolute Gasteiger partial charge is 0.127 e. The Morgan fingerprint density at radius 1 is 1.19 bits per heavy atom. The van der Waals surface area contributed by atoms with Crippen LogP contribution in [0.15, 0.2) is 0 Å². The van der Waals surface area contributed by atoms with Gasteiger partial charge in [0.1, 0.15) is 17.1 Å². The number of aliphatic hydroxyl groups excluding tert-OH is 1. The lowest BCUT2D eigenvalue weighted by atomic mass is 9.87. The molecular formula is C17H27NO3. The van der Waals surface area contributed by atoms with Crippen LogP contribution in [-0.4, -0.2) is 47.5 Å². The predicted octanol–water partition coefficient (Wildman–Crippen LogP) is 2.33. The van der Waals surface area contributed by atoms with E-state index in [9.17, 15) is 5.11 Å². The summed E-state index contributed by atoms with van der Waals surface area (Å²) >= 11 is 0. The van der Waals surface area contributed by atoms with Crippen LogP contribution in [0.4, 0.5) is 0 Å². The zero-order valence-corrected chi connectivity index (χ0v) is 13.8. The number of aliphatic hydroxyl groups is 1. The Morgan fingerprint density at radius 3 is 2.48 bits per heavy atom. The third kappa shape index (κ3) is 3.01. The number of likely N-dealkylation sites (N-methyl/N-ethyl adjacent to an activating group) is 1. The molecule has 0 amide bonds. The van der Waals surface area contributed by atoms with E-state index in [4.69, 9.17) is 9.84 Å². The molecule has 21 heavy (non-hydrogen) atoms. The van der Waals surface area contributed by atoms with E-state index in [2.05, 4.69) is 11.8 Å². The van der Waals surface area contributed by atoms with E-state index in [0.29, 0.717) is 12.3 Å². The van der Waals surface area contributed by atoms with Crippen LogP contribution in [0.2, 0.25) is 0 Å². The summed E-state index contributed by atoms with van der Waals surface area (Å²) in [6.45, 7) is 9.63. The molecule has 1 heterocycles. The molecule has 1 aliphatic heterocycles. The summed E-state index contributed by atoms with van der Waals surface area (Å²) in [5.41, 5.74) is 3.76. The van der Waals surface area contributed by atoms with Crippen molar-refractivity contribution in [2.75, 3.05) is 26.7 Å². The van der Waals surface area contributed by atoms with Gasteiger partial charge in [0.15, 0.2) is 0 Å². The zero-order chi connectivity index (χ0) is 15.8. The summed E-state index contributed by atoms with van der Waals surface area (Å²) in [6, 6.07) is 0. The lowest BCUT2D eigenvalue weighted by molar-refractivity contribution is 0.0278. The van der Waals surface area contributed by atoms with Gasteiger partial charge in [0.2, 0.25) is 0 Å². The maximum atomic E-state index is 10.2. The minimum atomic E-state index is -0.252. The van der Waals surface area contributed by atoms with Gasteiger partial charge in [-0.05, 0) is 64.3 Å². The van der Waals surface area contributed by atoms with Crippen molar-refractivity contribution in [2.45, 2.75) is 46.1 Å². The van der Waals surface area contributed by atoms with E-state index in [-0.39, 0.29) is 12.2 Å². The zero-order valence-electron chi connectivity index (χ0n) is 13.8. The van der Waals surface area contributed by atoms with Gasteiger partial charge in [0.05, 0.1) is 6.61 Å². The highest BCUT2D eigenvalue weighted by Crippen LogP contribution is 2.43. The van der Waals surface area contributed by atoms with Crippen LogP contribution < -0.4 is 4.74 Å². The lowest BCUT2D eigenvalue weighted by Crippen LogP contribution is -2.47. The fraction of sp³-hybridized carbons (Fsp3) is 0.647. The molecule has 1 aliphatic rings. The van der Waals surface area contributed by atoms with Gasteiger partial charge in [-0.1, -0.05) is 0 Å². The van der Waals surface area contributed by atoms with Gasteiger partial charge in [-0.3, -0.25) is 0 Å². The largest absolute Gasteiger partial charge is 0.507 e. The number of aromatic hydroxyl groups is 1. The Labute approximate surface area is 127 Å². The molecule has 1 aromatic rings. The number of fused-ring (bicyclic) bond motifs is 1. The normalized spacial score (nSPS) is 21.3. The molecule has 0 aliphatic carbocycles. The molecule has 1 atom stereocenters. The van der Waals surface area contributed by atoms with Crippen LogP contribution in [0.3, 0.4) is 0 Å². The van der Waals surface area contributed by atoms with E-state index in [0.717, 1.165) is 47.4 Å². The Kier molecular flexibility index (Phi) is 4.49. The quantitative estimate of drug-likeness (QED) is 0.894. The third-order valence-corrected chi connectivity index (χ3v) is 4.68. The van der Waals surface area contributed by atoms with Crippen molar-refractivity contribution in [2.24, 2.45) is 0 Å². The summed E-state index contributed by atoms with van der Waals surface area (Å²) < 4.78 is 6.35. The van der Waals surface area contributed by atoms with Gasteiger partial charge in [-0.15, -0.1) is 0 Å². The standard InChI is InChI=1S/C17H27NO3/c1-11-12(2)16-14(13(3)15(11)20)6-7-17(4,21-16)10-18(5)8-9-19/h19-20H,6-10H2,1-5H3/t17-/m1/s1. The second kappa shape index (κ2) is 5.85. The monoisotopic (exact) mass is 293 g/mol. The second-order valence-corrected chi connectivity index (χ2v) is 6.54. The van der Waals surface area contributed by atoms with E-state index in [1.54, 1.807) is 0 Å². The summed E-state index contributed by atoms with van der Waals surface area (Å²) in [5, 5.41) is 19.2. The van der Waals surface area contributed by atoms with Crippen molar-refractivity contribution in [3.63, 3.8) is 0 Å². The molecule has 0 bridgehead atoms. The highest BCUT2D eigenvalue weighted by Gasteiger charge is 2.35. The molecule has 2 N–H and O–H groups in total. The van der Waals surface area contributed by atoms with Gasteiger partial charge in [0.25, 0.3) is 0 Å². The molecule has 2 rings (SSSR count). The number of hydrogen-bond donors (Lipinski definition) is 2. The molecule has 0 unspecified atom stereocenters. The number of hydrogen-bond acceptors (Lipinski definition) is 4. The highest BCUT2D eigenvalue weighted by atomic mass is 16.5. The fourth-order valence-corrected chi connectivity index (χ4v) is 3.23. The number of benzene rings is 1. The highest BCUT2D eigenvalue weighted by molar-refractivity contribution is 5.58. The molecule has 0 fully saturated rings. The van der Waals surface area contributed by atoms with E-state index < -0.39 is 0 Å². The minimum absolute atomic E-state index is 0.161. The van der Waals surface area contributed by atoms with Crippen molar-refractivity contribution >= 4 is 0 Å². The Balaban J connectivity index is 2.32. The Morgan fingerprint density at radius 2 is 1.86 bits per heavy atom. The third-order valence-electron chi connectivity index (χ3n) is 4.68. The number of rotatable bonds is 4. The molecule has 4 heteroatoms. The molecule has 4 nitrogen and oxygen atoms in total. The average molecular weight is 293 g/mol. The van der Waals surface area contributed by atoms with Crippen molar-refractivity contribution in [1.29, 1.82) is 0 Å². The summed E-state index contributed by atoms with van der Waals surface area (Å²) in [6.07, 6.45) is 1.83. The molecular weight excluding hydrogens is 266 g/mol. The van der Waals surface area contributed by atoms with Crippen LogP contribution in [0, 0.1) is 20.8 Å². The van der Waals surface area contributed by atoms with Gasteiger partial charge >= 0.3 is 0 Å². The average Bonchev–Trinajstić information content (AvgIpc) is 2.42. The number of phenolic OH excluding ortho intramolecular Hbond substituents is 1. The van der Waals surface area contributed by atoms with E-state index >= 15 is 0 Å². The van der Waals surface area contributed by atoms with Gasteiger partial charge < -0.3 is 19.8 Å². The first-order valence-electron chi connectivity index (χ1n) is 7.59. The molecule has 0 radical (unpaired) electrons. The molecule has 118 valence electrons. The van der Waals surface area contributed by atoms with Crippen LogP contribution in [0.1, 0.15) is 35.6 Å². The SMILES string of the molecule is Cc1c(C)c2c(c(C)c1O)CC[C@](C)(CN(C)CCO)O2. The van der Waals surface area contributed by atoms with Crippen molar-refractivity contribution < 1.29 is 14.9 Å². The van der Waals surface area contributed by atoms with Crippen LogP contribution >= 0.6 is 0 Å². The van der Waals surface area contributed by atoms with Crippen LogP contribution in [-0.2, 0) is 6.42 Å². The molecule has 0 aromatic heterocycles. The summed E-state index contributed by atoms with van der Waals surface area (Å²) in [4.78, 5) is 2.10. The minimum Gasteiger partial charge on any atom is -0.507 e. The summed E-state index contributed by atoms with van der Waals surface area (Å²) in [5.74, 6) is 1.34. The first-order valence-corrected chi connectivity index (χ1v) is 7.59. The number of nitrogens with zero attached hydrogens (tertiary/aromatic N) is 1. The number of phenols is 1. The molecule has 1 aromatic carbocycles. The Bertz CT molecular complexity index is 542. The van der Waals surface area contributed by atoms with Crippen molar-refractivity contribution in [3.8, 4) is 11.5 Å². The second-order valence-electron chi connectivity index (χ2n) is 6.54. The van der Waals surface area contributed by atoms with Crippen molar-refractivity contribution in [1.82, 2.24) is 4.90 Å². The van der Waals surface area contributed by atoms with Gasteiger partial charge in [-0.25, -0.2) is 0 Å². The maximum absolute atomic E-state index is 10.2. The fourth-order valence-electron chi connectivity index (χ4n) is 3.23. The van der Waals surface area contributed by atoms with Gasteiger partial charge in [0, 0.05) is 18.7 Å². The first-order chi connectivity index (χ1) is 9.79. The van der Waals surface area contributed by atoms with Crippen molar-refractivity contribution in [3.05, 3.63) is 22.3 Å². The van der Waals surface area contributed by atoms with Gasteiger partial charge in [-0.2, -0.15) is 0 Å². The van der Waals surface area contributed by atoms with E-state index in [1.165, 1.54) is 0 Å². The summed E-state index contributed by atoms with van der Waals surface area (Å²) in [7, 11) is 2.00. The molecule has 0 spiro atoms.